The number of nitrogens with zero attached hydrogens (tertiary/aromatic N) is 3. The highest BCUT2D eigenvalue weighted by atomic mass is 35.5. The van der Waals surface area contributed by atoms with Gasteiger partial charge in [0.25, 0.3) is 0 Å². The topological polar surface area (TPSA) is 116 Å². The summed E-state index contributed by atoms with van der Waals surface area (Å²) in [7, 11) is -4.67. The van der Waals surface area contributed by atoms with Gasteiger partial charge in [0.05, 0.1) is 6.54 Å². The van der Waals surface area contributed by atoms with E-state index in [0.717, 1.165) is 16.4 Å². The molecule has 0 saturated carbocycles. The van der Waals surface area contributed by atoms with Gasteiger partial charge in [0.2, 0.25) is 21.8 Å². The van der Waals surface area contributed by atoms with Gasteiger partial charge in [-0.3, -0.25) is 9.59 Å². The Kier molecular flexibility index (Phi) is 9.68. The second-order valence-electron chi connectivity index (χ2n) is 11.1. The molecule has 2 heterocycles. The second kappa shape index (κ2) is 13.3. The van der Waals surface area contributed by atoms with E-state index < -0.39 is 63.4 Å². The molecule has 3 amide bonds. The molecule has 0 aliphatic carbocycles. The van der Waals surface area contributed by atoms with Gasteiger partial charge >= 0.3 is 6.09 Å². The number of amides is 3. The van der Waals surface area contributed by atoms with E-state index >= 15 is 4.39 Å². The lowest BCUT2D eigenvalue weighted by atomic mass is 9.96. The normalized spacial score (nSPS) is 20.7. The maximum atomic E-state index is 15.0. The molecule has 3 unspecified atom stereocenters. The van der Waals surface area contributed by atoms with Crippen molar-refractivity contribution in [1.82, 2.24) is 19.4 Å². The molecule has 3 aromatic rings. The SMILES string of the molecule is CC(C)N1CC2N(C(=O)C(NC(=O)OCc3ccccc3)CN2S(=O)(=O)c2cc(Cl)ccc2F)C(Cc2ccc(Cl)cc2)C1=O. The van der Waals surface area contributed by atoms with Crippen LogP contribution in [0, 0.1) is 5.82 Å². The third-order valence-electron chi connectivity index (χ3n) is 7.78. The predicted octanol–water partition coefficient (Wildman–Crippen LogP) is 4.45. The van der Waals surface area contributed by atoms with Crippen LogP contribution in [0.15, 0.2) is 77.7 Å². The van der Waals surface area contributed by atoms with Gasteiger partial charge in [0.1, 0.15) is 35.6 Å². The third-order valence-corrected chi connectivity index (χ3v) is 10.1. The molecule has 45 heavy (non-hydrogen) atoms. The van der Waals surface area contributed by atoms with Gasteiger partial charge in [-0.25, -0.2) is 17.6 Å². The van der Waals surface area contributed by atoms with Crippen LogP contribution >= 0.6 is 23.2 Å². The Morgan fingerprint density at radius 1 is 0.956 bits per heavy atom. The van der Waals surface area contributed by atoms with Crippen molar-refractivity contribution < 1.29 is 31.9 Å². The monoisotopic (exact) mass is 676 g/mol. The van der Waals surface area contributed by atoms with E-state index in [9.17, 15) is 22.8 Å². The van der Waals surface area contributed by atoms with Crippen LogP contribution in [0.2, 0.25) is 10.0 Å². The van der Waals surface area contributed by atoms with Gasteiger partial charge < -0.3 is 19.9 Å². The van der Waals surface area contributed by atoms with Gasteiger partial charge in [-0.1, -0.05) is 65.7 Å². The highest BCUT2D eigenvalue weighted by Crippen LogP contribution is 2.34. The molecule has 0 radical (unpaired) electrons. The molecule has 1 N–H and O–H groups in total. The number of fused-ring (bicyclic) bond motifs is 1. The number of sulfonamides is 1. The fraction of sp³-hybridized carbons (Fsp3) is 0.323. The fourth-order valence-electron chi connectivity index (χ4n) is 5.53. The first kappa shape index (κ1) is 32.7. The smallest absolute Gasteiger partial charge is 0.408 e. The highest BCUT2D eigenvalue weighted by molar-refractivity contribution is 7.89. The van der Waals surface area contributed by atoms with Crippen molar-refractivity contribution in [2.75, 3.05) is 13.1 Å². The van der Waals surface area contributed by atoms with Gasteiger partial charge in [0, 0.05) is 29.1 Å². The summed E-state index contributed by atoms with van der Waals surface area (Å²) in [4.78, 5) is 42.9. The predicted molar refractivity (Wildman–Crippen MR) is 165 cm³/mol. The van der Waals surface area contributed by atoms with E-state index in [1.165, 1.54) is 15.9 Å². The van der Waals surface area contributed by atoms with E-state index in [1.54, 1.807) is 68.4 Å². The number of benzene rings is 3. The van der Waals surface area contributed by atoms with Crippen molar-refractivity contribution in [3.8, 4) is 0 Å². The molecule has 2 saturated heterocycles. The van der Waals surface area contributed by atoms with Crippen LogP contribution in [0.5, 0.6) is 0 Å². The van der Waals surface area contributed by atoms with Crippen molar-refractivity contribution in [3.63, 3.8) is 0 Å². The van der Waals surface area contributed by atoms with Crippen LogP contribution < -0.4 is 5.32 Å². The Hall–Kier alpha value is -3.71. The molecule has 2 aliphatic heterocycles. The minimum Gasteiger partial charge on any atom is -0.445 e. The largest absolute Gasteiger partial charge is 0.445 e. The highest BCUT2D eigenvalue weighted by Gasteiger charge is 2.54. The summed E-state index contributed by atoms with van der Waals surface area (Å²) in [5, 5.41) is 2.94. The fourth-order valence-corrected chi connectivity index (χ4v) is 7.57. The summed E-state index contributed by atoms with van der Waals surface area (Å²) >= 11 is 12.1. The first-order chi connectivity index (χ1) is 21.4. The quantitative estimate of drug-likeness (QED) is 0.377. The number of rotatable bonds is 8. The number of carbonyl (C=O) groups is 3. The van der Waals surface area contributed by atoms with E-state index in [-0.39, 0.29) is 30.6 Å². The van der Waals surface area contributed by atoms with Crippen LogP contribution in [0.25, 0.3) is 0 Å². The molecule has 14 heteroatoms. The molecule has 0 spiro atoms. The lowest BCUT2D eigenvalue weighted by Gasteiger charge is -2.54. The molecule has 238 valence electrons. The zero-order valence-electron chi connectivity index (χ0n) is 24.4. The number of hydrogen-bond acceptors (Lipinski definition) is 6. The van der Waals surface area contributed by atoms with Crippen molar-refractivity contribution in [2.24, 2.45) is 0 Å². The van der Waals surface area contributed by atoms with Gasteiger partial charge in [-0.05, 0) is 55.3 Å². The van der Waals surface area contributed by atoms with Crippen LogP contribution in [0.1, 0.15) is 25.0 Å². The number of alkyl carbamates (subject to hydrolysis) is 1. The van der Waals surface area contributed by atoms with Crippen LogP contribution in [0.3, 0.4) is 0 Å². The van der Waals surface area contributed by atoms with Crippen molar-refractivity contribution >= 4 is 51.1 Å². The molecule has 10 nitrogen and oxygen atoms in total. The Balaban J connectivity index is 1.54. The second-order valence-corrected chi connectivity index (χ2v) is 13.8. The van der Waals surface area contributed by atoms with E-state index in [0.29, 0.717) is 16.1 Å². The van der Waals surface area contributed by atoms with Gasteiger partial charge in [0.15, 0.2) is 0 Å². The number of halogens is 3. The standard InChI is InChI=1S/C31H31Cl2FN4O6S/c1-19(2)36-17-28-37(45(42,43)27-15-23(33)12-13-24(27)34)16-25(35-31(41)44-18-21-6-4-3-5-7-21)29(39)38(28)26(30(36)40)14-20-8-10-22(32)11-9-20/h3-13,15,19,25-26,28H,14,16-18H2,1-2H3,(H,35,41). The first-order valence-electron chi connectivity index (χ1n) is 14.2. The number of piperazine rings is 1. The molecular weight excluding hydrogens is 646 g/mol. The van der Waals surface area contributed by atoms with Crippen LogP contribution in [0.4, 0.5) is 9.18 Å². The summed E-state index contributed by atoms with van der Waals surface area (Å²) in [6.45, 7) is 2.74. The Morgan fingerprint density at radius 3 is 2.29 bits per heavy atom. The zero-order chi connectivity index (χ0) is 32.5. The van der Waals surface area contributed by atoms with Crippen LogP contribution in [-0.2, 0) is 37.4 Å². The Bertz CT molecular complexity index is 1690. The van der Waals surface area contributed by atoms with Gasteiger partial charge in [-0.15, -0.1) is 0 Å². The summed E-state index contributed by atoms with van der Waals surface area (Å²) in [5.74, 6) is -2.12. The Labute approximate surface area is 270 Å². The molecule has 0 aromatic heterocycles. The number of carbonyl (C=O) groups excluding carboxylic acids is 3. The molecule has 2 fully saturated rings. The molecule has 5 rings (SSSR count). The minimum atomic E-state index is -4.67. The molecular formula is C31H31Cl2FN4O6S. The average Bonchev–Trinajstić information content (AvgIpc) is 3.01. The van der Waals surface area contributed by atoms with Gasteiger partial charge in [-0.2, -0.15) is 4.31 Å². The molecule has 2 aliphatic rings. The maximum Gasteiger partial charge on any atom is 0.408 e. The summed E-state index contributed by atoms with van der Waals surface area (Å²) < 4.78 is 49.6. The van der Waals surface area contributed by atoms with E-state index in [1.807, 2.05) is 0 Å². The lowest BCUT2D eigenvalue weighted by molar-refractivity contribution is -0.168. The first-order valence-corrected chi connectivity index (χ1v) is 16.4. The summed E-state index contributed by atoms with van der Waals surface area (Å²) in [5.41, 5.74) is 1.37. The number of hydrogen-bond donors (Lipinski definition) is 1. The molecule has 3 aromatic carbocycles. The molecule has 0 bridgehead atoms. The minimum absolute atomic E-state index is 0.0117. The summed E-state index contributed by atoms with van der Waals surface area (Å²) in [6, 6.07) is 15.8. The van der Waals surface area contributed by atoms with Crippen molar-refractivity contribution in [3.05, 3.63) is 99.8 Å². The molecule has 3 atom stereocenters. The average molecular weight is 678 g/mol. The van der Waals surface area contributed by atoms with E-state index in [2.05, 4.69) is 5.32 Å². The zero-order valence-corrected chi connectivity index (χ0v) is 26.7. The number of nitrogens with one attached hydrogen (secondary N) is 1. The Morgan fingerprint density at radius 2 is 1.62 bits per heavy atom. The van der Waals surface area contributed by atoms with E-state index in [4.69, 9.17) is 27.9 Å². The van der Waals surface area contributed by atoms with Crippen LogP contribution in [-0.4, -0.2) is 77.8 Å². The lowest BCUT2D eigenvalue weighted by Crippen LogP contribution is -2.76. The van der Waals surface area contributed by atoms with Crippen molar-refractivity contribution in [2.45, 2.75) is 56.1 Å². The summed E-state index contributed by atoms with van der Waals surface area (Å²) in [6.07, 6.45) is -2.15. The maximum absolute atomic E-state index is 15.0. The third kappa shape index (κ3) is 6.94. The van der Waals surface area contributed by atoms with Crippen molar-refractivity contribution in [1.29, 1.82) is 0 Å². The number of ether oxygens (including phenoxy) is 1.